The Kier molecular flexibility index (Phi) is 9.10. The lowest BCUT2D eigenvalue weighted by Gasteiger charge is -1.99. The van der Waals surface area contributed by atoms with E-state index in [1.54, 1.807) is 0 Å². The molecule has 0 radical (unpaired) electrons. The Hall–Kier alpha value is 0.0500. The largest absolute Gasteiger partial charge is 0.313 e. The standard InChI is InChI=1S/C8H17NS/c1-3-6-9-7-5-8-10-4-2/h3,9H,1,4-8H2,2H3. The van der Waals surface area contributed by atoms with Crippen LogP contribution in [0.2, 0.25) is 0 Å². The summed E-state index contributed by atoms with van der Waals surface area (Å²) in [6.07, 6.45) is 3.17. The molecule has 0 spiro atoms. The first-order valence-electron chi connectivity index (χ1n) is 3.81. The second-order valence-corrected chi connectivity index (χ2v) is 3.44. The first-order valence-corrected chi connectivity index (χ1v) is 4.96. The molecule has 0 atom stereocenters. The summed E-state index contributed by atoms with van der Waals surface area (Å²) in [5, 5.41) is 3.26. The number of rotatable bonds is 7. The fourth-order valence-electron chi connectivity index (χ4n) is 0.648. The summed E-state index contributed by atoms with van der Waals surface area (Å²) in [6.45, 7) is 7.89. The van der Waals surface area contributed by atoms with E-state index in [1.807, 2.05) is 17.8 Å². The topological polar surface area (TPSA) is 12.0 Å². The van der Waals surface area contributed by atoms with Gasteiger partial charge in [-0.05, 0) is 24.5 Å². The maximum Gasteiger partial charge on any atom is 0.0132 e. The van der Waals surface area contributed by atoms with E-state index >= 15 is 0 Å². The quantitative estimate of drug-likeness (QED) is 0.450. The van der Waals surface area contributed by atoms with Crippen molar-refractivity contribution in [1.29, 1.82) is 0 Å². The van der Waals surface area contributed by atoms with E-state index in [9.17, 15) is 0 Å². The monoisotopic (exact) mass is 159 g/mol. The van der Waals surface area contributed by atoms with Crippen molar-refractivity contribution in [1.82, 2.24) is 5.32 Å². The summed E-state index contributed by atoms with van der Waals surface area (Å²) in [6, 6.07) is 0. The summed E-state index contributed by atoms with van der Waals surface area (Å²) in [7, 11) is 0. The van der Waals surface area contributed by atoms with Crippen molar-refractivity contribution in [2.24, 2.45) is 0 Å². The van der Waals surface area contributed by atoms with Gasteiger partial charge in [-0.1, -0.05) is 13.0 Å². The van der Waals surface area contributed by atoms with Crippen molar-refractivity contribution < 1.29 is 0 Å². The van der Waals surface area contributed by atoms with E-state index in [4.69, 9.17) is 0 Å². The lowest BCUT2D eigenvalue weighted by atomic mass is 10.5. The Morgan fingerprint density at radius 3 is 3.00 bits per heavy atom. The summed E-state index contributed by atoms with van der Waals surface area (Å²) in [5.41, 5.74) is 0. The van der Waals surface area contributed by atoms with Crippen LogP contribution in [0.5, 0.6) is 0 Å². The molecule has 0 aliphatic heterocycles. The molecule has 0 aromatic carbocycles. The number of hydrogen-bond donors (Lipinski definition) is 1. The molecule has 10 heavy (non-hydrogen) atoms. The van der Waals surface area contributed by atoms with Gasteiger partial charge in [0.2, 0.25) is 0 Å². The number of nitrogens with one attached hydrogen (secondary N) is 1. The van der Waals surface area contributed by atoms with Crippen LogP contribution in [0.4, 0.5) is 0 Å². The first kappa shape index (κ1) is 10.0. The molecule has 0 aromatic heterocycles. The molecule has 0 heterocycles. The molecule has 60 valence electrons. The maximum absolute atomic E-state index is 3.63. The SMILES string of the molecule is C=CCNCCCSCC. The second kappa shape index (κ2) is 9.05. The van der Waals surface area contributed by atoms with Crippen LogP contribution in [-0.2, 0) is 0 Å². The van der Waals surface area contributed by atoms with Crippen LogP contribution < -0.4 is 5.32 Å². The van der Waals surface area contributed by atoms with Gasteiger partial charge in [0, 0.05) is 6.54 Å². The Labute approximate surface area is 68.3 Å². The molecular formula is C8H17NS. The van der Waals surface area contributed by atoms with Gasteiger partial charge < -0.3 is 5.32 Å². The van der Waals surface area contributed by atoms with Gasteiger partial charge in [0.15, 0.2) is 0 Å². The third kappa shape index (κ3) is 8.05. The third-order valence-electron chi connectivity index (χ3n) is 1.14. The van der Waals surface area contributed by atoms with Crippen LogP contribution in [0, 0.1) is 0 Å². The number of hydrogen-bond acceptors (Lipinski definition) is 2. The smallest absolute Gasteiger partial charge is 0.0132 e. The van der Waals surface area contributed by atoms with E-state index in [2.05, 4.69) is 18.8 Å². The van der Waals surface area contributed by atoms with Gasteiger partial charge in [-0.3, -0.25) is 0 Å². The lowest BCUT2D eigenvalue weighted by molar-refractivity contribution is 0.734. The molecule has 0 fully saturated rings. The van der Waals surface area contributed by atoms with Crippen molar-refractivity contribution in [2.45, 2.75) is 13.3 Å². The molecule has 0 rings (SSSR count). The molecule has 0 unspecified atom stereocenters. The van der Waals surface area contributed by atoms with Crippen molar-refractivity contribution in [3.63, 3.8) is 0 Å². The third-order valence-corrected chi connectivity index (χ3v) is 2.12. The van der Waals surface area contributed by atoms with Gasteiger partial charge in [0.1, 0.15) is 0 Å². The minimum absolute atomic E-state index is 0.941. The number of thioether (sulfide) groups is 1. The predicted octanol–water partition coefficient (Wildman–Crippen LogP) is 1.91. The van der Waals surface area contributed by atoms with Crippen molar-refractivity contribution in [2.75, 3.05) is 24.6 Å². The van der Waals surface area contributed by atoms with Crippen LogP contribution in [-0.4, -0.2) is 24.6 Å². The fourth-order valence-corrected chi connectivity index (χ4v) is 1.28. The summed E-state index contributed by atoms with van der Waals surface area (Å²) >= 11 is 2.00. The first-order chi connectivity index (χ1) is 4.91. The highest BCUT2D eigenvalue weighted by molar-refractivity contribution is 7.99. The predicted molar refractivity (Wildman–Crippen MR) is 50.7 cm³/mol. The molecule has 0 bridgehead atoms. The van der Waals surface area contributed by atoms with Gasteiger partial charge in [-0.2, -0.15) is 11.8 Å². The molecular weight excluding hydrogens is 142 g/mol. The normalized spacial score (nSPS) is 9.70. The fraction of sp³-hybridized carbons (Fsp3) is 0.750. The summed E-state index contributed by atoms with van der Waals surface area (Å²) in [5.74, 6) is 2.52. The molecule has 2 heteroatoms. The van der Waals surface area contributed by atoms with Gasteiger partial charge in [0.05, 0.1) is 0 Å². The molecule has 0 aliphatic rings. The highest BCUT2D eigenvalue weighted by Gasteiger charge is 1.85. The van der Waals surface area contributed by atoms with Gasteiger partial charge in [-0.15, -0.1) is 6.58 Å². The Balaban J connectivity index is 2.70. The molecule has 0 aromatic rings. The molecule has 1 nitrogen and oxygen atoms in total. The van der Waals surface area contributed by atoms with Crippen molar-refractivity contribution >= 4 is 11.8 Å². The summed E-state index contributed by atoms with van der Waals surface area (Å²) in [4.78, 5) is 0. The Morgan fingerprint density at radius 1 is 1.60 bits per heavy atom. The highest BCUT2D eigenvalue weighted by atomic mass is 32.2. The van der Waals surface area contributed by atoms with E-state index < -0.39 is 0 Å². The average molecular weight is 159 g/mol. The van der Waals surface area contributed by atoms with Crippen molar-refractivity contribution in [3.8, 4) is 0 Å². The van der Waals surface area contributed by atoms with Crippen LogP contribution in [0.15, 0.2) is 12.7 Å². The molecule has 0 aliphatic carbocycles. The highest BCUT2D eigenvalue weighted by Crippen LogP contribution is 1.98. The van der Waals surface area contributed by atoms with Gasteiger partial charge in [0.25, 0.3) is 0 Å². The Bertz CT molecular complexity index is 73.7. The summed E-state index contributed by atoms with van der Waals surface area (Å²) < 4.78 is 0. The van der Waals surface area contributed by atoms with Crippen LogP contribution in [0.3, 0.4) is 0 Å². The average Bonchev–Trinajstić information content (AvgIpc) is 1.97. The zero-order valence-corrected chi connectivity index (χ0v) is 7.54. The zero-order valence-electron chi connectivity index (χ0n) is 6.73. The van der Waals surface area contributed by atoms with Gasteiger partial charge >= 0.3 is 0 Å². The van der Waals surface area contributed by atoms with E-state index in [0.29, 0.717) is 0 Å². The van der Waals surface area contributed by atoms with Crippen LogP contribution >= 0.6 is 11.8 Å². The van der Waals surface area contributed by atoms with Crippen molar-refractivity contribution in [3.05, 3.63) is 12.7 Å². The van der Waals surface area contributed by atoms with E-state index in [-0.39, 0.29) is 0 Å². The lowest BCUT2D eigenvalue weighted by Crippen LogP contribution is -2.15. The zero-order chi connectivity index (χ0) is 7.66. The molecule has 0 amide bonds. The minimum atomic E-state index is 0.941. The van der Waals surface area contributed by atoms with E-state index in [0.717, 1.165) is 13.1 Å². The maximum atomic E-state index is 3.63. The molecule has 0 saturated heterocycles. The minimum Gasteiger partial charge on any atom is -0.313 e. The Morgan fingerprint density at radius 2 is 2.40 bits per heavy atom. The van der Waals surface area contributed by atoms with Gasteiger partial charge in [-0.25, -0.2) is 0 Å². The molecule has 1 N–H and O–H groups in total. The van der Waals surface area contributed by atoms with Crippen LogP contribution in [0.25, 0.3) is 0 Å². The van der Waals surface area contributed by atoms with E-state index in [1.165, 1.54) is 17.9 Å². The molecule has 0 saturated carbocycles. The van der Waals surface area contributed by atoms with Crippen LogP contribution in [0.1, 0.15) is 13.3 Å². The second-order valence-electron chi connectivity index (χ2n) is 2.04.